The summed E-state index contributed by atoms with van der Waals surface area (Å²) in [7, 11) is 0. The summed E-state index contributed by atoms with van der Waals surface area (Å²) < 4.78 is 4.67. The van der Waals surface area contributed by atoms with Crippen LogP contribution in [0.5, 0.6) is 0 Å². The third-order valence-corrected chi connectivity index (χ3v) is 1.11. The quantitative estimate of drug-likeness (QED) is 0.394. The first-order chi connectivity index (χ1) is 5.57. The Hall–Kier alpha value is -1.25. The molecule has 2 N–H and O–H groups in total. The molecule has 3 heteroatoms. The van der Waals surface area contributed by atoms with E-state index in [1.165, 1.54) is 0 Å². The maximum atomic E-state index is 10.9. The molecule has 68 valence electrons. The normalized spacial score (nSPS) is 10.8. The molecule has 0 aromatic heterocycles. The number of allylic oxidation sites excluding steroid dienone is 3. The molecule has 0 aliphatic carbocycles. The van der Waals surface area contributed by atoms with Gasteiger partial charge in [-0.15, -0.1) is 0 Å². The molecule has 3 nitrogen and oxygen atoms in total. The standard InChI is InChI=1S/C9H15NO2/c1-4-12-9(11)8(10)6-5-7(2)3/h5-6H,4,10H2,1-3H3/b8-6-. The molecule has 0 bridgehead atoms. The van der Waals surface area contributed by atoms with E-state index in [0.717, 1.165) is 5.57 Å². The van der Waals surface area contributed by atoms with Crippen LogP contribution in [0.4, 0.5) is 0 Å². The van der Waals surface area contributed by atoms with Gasteiger partial charge in [-0.1, -0.05) is 11.6 Å². The Morgan fingerprint density at radius 3 is 2.42 bits per heavy atom. The van der Waals surface area contributed by atoms with E-state index >= 15 is 0 Å². The van der Waals surface area contributed by atoms with Crippen LogP contribution < -0.4 is 5.73 Å². The van der Waals surface area contributed by atoms with Crippen LogP contribution in [0.2, 0.25) is 0 Å². The summed E-state index contributed by atoms with van der Waals surface area (Å²) in [6, 6.07) is 0. The highest BCUT2D eigenvalue weighted by molar-refractivity contribution is 5.87. The predicted octanol–water partition coefficient (Wildman–Crippen LogP) is 1.36. The lowest BCUT2D eigenvalue weighted by molar-refractivity contribution is -0.138. The summed E-state index contributed by atoms with van der Waals surface area (Å²) in [6.45, 7) is 5.94. The minimum Gasteiger partial charge on any atom is -0.461 e. The minimum absolute atomic E-state index is 0.137. The van der Waals surface area contributed by atoms with Gasteiger partial charge in [-0.3, -0.25) is 0 Å². The fourth-order valence-electron chi connectivity index (χ4n) is 0.539. The van der Waals surface area contributed by atoms with Crippen molar-refractivity contribution in [2.75, 3.05) is 6.61 Å². The average molecular weight is 169 g/mol. The van der Waals surface area contributed by atoms with Gasteiger partial charge in [0.2, 0.25) is 0 Å². The van der Waals surface area contributed by atoms with Crippen LogP contribution in [0.3, 0.4) is 0 Å². The first-order valence-electron chi connectivity index (χ1n) is 3.85. The Kier molecular flexibility index (Phi) is 4.84. The summed E-state index contributed by atoms with van der Waals surface area (Å²) in [4.78, 5) is 10.9. The second-order valence-electron chi connectivity index (χ2n) is 2.59. The van der Waals surface area contributed by atoms with Gasteiger partial charge in [-0.25, -0.2) is 4.79 Å². The molecule has 0 spiro atoms. The highest BCUT2D eigenvalue weighted by Gasteiger charge is 2.02. The summed E-state index contributed by atoms with van der Waals surface area (Å²) in [5.41, 5.74) is 6.62. The minimum atomic E-state index is -0.463. The Bertz CT molecular complexity index is 213. The first-order valence-corrected chi connectivity index (χ1v) is 3.85. The number of hydrogen-bond donors (Lipinski definition) is 1. The predicted molar refractivity (Wildman–Crippen MR) is 48.3 cm³/mol. The number of hydrogen-bond acceptors (Lipinski definition) is 3. The van der Waals surface area contributed by atoms with Crippen molar-refractivity contribution in [3.8, 4) is 0 Å². The van der Waals surface area contributed by atoms with Gasteiger partial charge in [0.05, 0.1) is 6.61 Å². The molecular weight excluding hydrogens is 154 g/mol. The van der Waals surface area contributed by atoms with E-state index < -0.39 is 5.97 Å². The third-order valence-electron chi connectivity index (χ3n) is 1.11. The lowest BCUT2D eigenvalue weighted by Gasteiger charge is -1.99. The molecule has 0 saturated carbocycles. The zero-order valence-electron chi connectivity index (χ0n) is 7.76. The molecule has 0 aromatic carbocycles. The first kappa shape index (κ1) is 10.8. The fraction of sp³-hybridized carbons (Fsp3) is 0.444. The van der Waals surface area contributed by atoms with Gasteiger partial charge < -0.3 is 10.5 Å². The number of ether oxygens (including phenoxy) is 1. The van der Waals surface area contributed by atoms with Crippen molar-refractivity contribution in [2.45, 2.75) is 20.8 Å². The summed E-state index contributed by atoms with van der Waals surface area (Å²) in [6.07, 6.45) is 3.32. The van der Waals surface area contributed by atoms with E-state index in [1.807, 2.05) is 13.8 Å². The van der Waals surface area contributed by atoms with Crippen LogP contribution in [0.1, 0.15) is 20.8 Å². The molecule has 0 heterocycles. The van der Waals surface area contributed by atoms with Gasteiger partial charge in [0.25, 0.3) is 0 Å². The van der Waals surface area contributed by atoms with Crippen molar-refractivity contribution in [3.63, 3.8) is 0 Å². The van der Waals surface area contributed by atoms with Crippen molar-refractivity contribution in [3.05, 3.63) is 23.4 Å². The average Bonchev–Trinajstić information content (AvgIpc) is 2.00. The van der Waals surface area contributed by atoms with Crippen LogP contribution in [0.15, 0.2) is 23.4 Å². The Morgan fingerprint density at radius 1 is 1.42 bits per heavy atom. The molecule has 12 heavy (non-hydrogen) atoms. The van der Waals surface area contributed by atoms with Gasteiger partial charge in [0, 0.05) is 0 Å². The number of carbonyl (C=O) groups excluding carboxylic acids is 1. The van der Waals surface area contributed by atoms with Crippen LogP contribution >= 0.6 is 0 Å². The lowest BCUT2D eigenvalue weighted by Crippen LogP contribution is -2.14. The molecule has 0 rings (SSSR count). The lowest BCUT2D eigenvalue weighted by atomic mass is 10.3. The molecule has 0 aliphatic heterocycles. The van der Waals surface area contributed by atoms with E-state index in [0.29, 0.717) is 6.61 Å². The van der Waals surface area contributed by atoms with Gasteiger partial charge in [-0.2, -0.15) is 0 Å². The summed E-state index contributed by atoms with van der Waals surface area (Å²) in [5, 5.41) is 0. The number of esters is 1. The number of nitrogens with two attached hydrogens (primary N) is 1. The SMILES string of the molecule is CCOC(=O)/C(N)=C/C=C(C)C. The van der Waals surface area contributed by atoms with Crippen molar-refractivity contribution >= 4 is 5.97 Å². The molecule has 0 fully saturated rings. The van der Waals surface area contributed by atoms with Crippen molar-refractivity contribution in [1.29, 1.82) is 0 Å². The number of carbonyl (C=O) groups is 1. The maximum Gasteiger partial charge on any atom is 0.354 e. The van der Waals surface area contributed by atoms with Crippen molar-refractivity contribution in [1.82, 2.24) is 0 Å². The maximum absolute atomic E-state index is 10.9. The molecule has 0 radical (unpaired) electrons. The molecular formula is C9H15NO2. The monoisotopic (exact) mass is 169 g/mol. The van der Waals surface area contributed by atoms with Gasteiger partial charge in [0.1, 0.15) is 5.70 Å². The molecule has 0 aliphatic rings. The van der Waals surface area contributed by atoms with Gasteiger partial charge >= 0.3 is 5.97 Å². The molecule has 0 saturated heterocycles. The smallest absolute Gasteiger partial charge is 0.354 e. The van der Waals surface area contributed by atoms with Crippen LogP contribution in [-0.4, -0.2) is 12.6 Å². The highest BCUT2D eigenvalue weighted by Crippen LogP contribution is 1.94. The van der Waals surface area contributed by atoms with Crippen LogP contribution in [-0.2, 0) is 9.53 Å². The van der Waals surface area contributed by atoms with E-state index in [1.54, 1.807) is 19.1 Å². The van der Waals surface area contributed by atoms with E-state index in [2.05, 4.69) is 4.74 Å². The largest absolute Gasteiger partial charge is 0.461 e. The van der Waals surface area contributed by atoms with E-state index in [-0.39, 0.29) is 5.70 Å². The highest BCUT2D eigenvalue weighted by atomic mass is 16.5. The molecule has 0 atom stereocenters. The second-order valence-corrected chi connectivity index (χ2v) is 2.59. The third kappa shape index (κ3) is 4.55. The molecule has 0 amide bonds. The fourth-order valence-corrected chi connectivity index (χ4v) is 0.539. The number of rotatable bonds is 3. The van der Waals surface area contributed by atoms with Gasteiger partial charge in [-0.05, 0) is 26.8 Å². The van der Waals surface area contributed by atoms with E-state index in [9.17, 15) is 4.79 Å². The summed E-state index contributed by atoms with van der Waals surface area (Å²) >= 11 is 0. The zero-order valence-corrected chi connectivity index (χ0v) is 7.76. The van der Waals surface area contributed by atoms with Crippen LogP contribution in [0.25, 0.3) is 0 Å². The summed E-state index contributed by atoms with van der Waals surface area (Å²) in [5.74, 6) is -0.463. The Morgan fingerprint density at radius 2 is 2.00 bits per heavy atom. The molecule has 0 unspecified atom stereocenters. The topological polar surface area (TPSA) is 52.3 Å². The molecule has 0 aromatic rings. The van der Waals surface area contributed by atoms with Crippen molar-refractivity contribution in [2.24, 2.45) is 5.73 Å². The Labute approximate surface area is 72.9 Å². The zero-order chi connectivity index (χ0) is 9.56. The van der Waals surface area contributed by atoms with E-state index in [4.69, 9.17) is 5.73 Å². The Balaban J connectivity index is 4.18. The van der Waals surface area contributed by atoms with Crippen molar-refractivity contribution < 1.29 is 9.53 Å². The van der Waals surface area contributed by atoms with Gasteiger partial charge in [0.15, 0.2) is 0 Å². The second kappa shape index (κ2) is 5.41. The van der Waals surface area contributed by atoms with Crippen LogP contribution in [0, 0.1) is 0 Å².